The lowest BCUT2D eigenvalue weighted by Gasteiger charge is -2.38. The highest BCUT2D eigenvalue weighted by molar-refractivity contribution is 6.01. The van der Waals surface area contributed by atoms with Gasteiger partial charge in [0.1, 0.15) is 11.6 Å². The molecule has 0 aromatic heterocycles. The molecule has 0 bridgehead atoms. The smallest absolute Gasteiger partial charge is 0.411 e. The van der Waals surface area contributed by atoms with Gasteiger partial charge in [0, 0.05) is 6.54 Å². The molecule has 2 unspecified atom stereocenters. The maximum absolute atomic E-state index is 12.0. The summed E-state index contributed by atoms with van der Waals surface area (Å²) >= 11 is 0. The molecule has 5 heteroatoms. The van der Waals surface area contributed by atoms with Gasteiger partial charge in [-0.2, -0.15) is 0 Å². The van der Waals surface area contributed by atoms with Crippen LogP contribution in [-0.2, 0) is 14.3 Å². The predicted molar refractivity (Wildman–Crippen MR) is 66.0 cm³/mol. The van der Waals surface area contributed by atoms with Crippen molar-refractivity contribution in [2.45, 2.75) is 45.4 Å². The van der Waals surface area contributed by atoms with E-state index in [1.807, 2.05) is 5.92 Å². The minimum atomic E-state index is -0.765. The lowest BCUT2D eigenvalue weighted by molar-refractivity contribution is -0.130. The largest absolute Gasteiger partial charge is 0.444 e. The van der Waals surface area contributed by atoms with Crippen LogP contribution in [0.1, 0.15) is 27.7 Å². The third-order valence-corrected chi connectivity index (χ3v) is 2.53. The van der Waals surface area contributed by atoms with Crippen LogP contribution in [0.5, 0.6) is 0 Å². The second kappa shape index (κ2) is 5.40. The molecule has 0 saturated carbocycles. The molecule has 0 aromatic rings. The second-order valence-electron chi connectivity index (χ2n) is 5.20. The Morgan fingerprint density at radius 1 is 1.44 bits per heavy atom. The zero-order chi connectivity index (χ0) is 13.9. The van der Waals surface area contributed by atoms with E-state index in [0.29, 0.717) is 13.2 Å². The standard InChI is InChI=1S/C13H19NO4/c1-6-10(15)11-9(2)17-8-7-14(11)12(16)18-13(3,4)5/h1,9,11H,7-8H2,2-5H3. The summed E-state index contributed by atoms with van der Waals surface area (Å²) in [6.45, 7) is 7.70. The third-order valence-electron chi connectivity index (χ3n) is 2.53. The van der Waals surface area contributed by atoms with Crippen LogP contribution in [0.2, 0.25) is 0 Å². The van der Waals surface area contributed by atoms with Gasteiger partial charge in [0.25, 0.3) is 0 Å². The average Bonchev–Trinajstić information content (AvgIpc) is 2.25. The molecule has 0 N–H and O–H groups in total. The van der Waals surface area contributed by atoms with E-state index in [1.165, 1.54) is 4.90 Å². The normalized spacial score (nSPS) is 24.3. The second-order valence-corrected chi connectivity index (χ2v) is 5.20. The molecule has 1 saturated heterocycles. The summed E-state index contributed by atoms with van der Waals surface area (Å²) in [7, 11) is 0. The third kappa shape index (κ3) is 3.47. The average molecular weight is 253 g/mol. The highest BCUT2D eigenvalue weighted by Crippen LogP contribution is 2.18. The van der Waals surface area contributed by atoms with Gasteiger partial charge in [-0.1, -0.05) is 0 Å². The minimum Gasteiger partial charge on any atom is -0.444 e. The van der Waals surface area contributed by atoms with Crippen LogP contribution in [0.15, 0.2) is 0 Å². The monoisotopic (exact) mass is 253 g/mol. The first-order chi connectivity index (χ1) is 8.26. The van der Waals surface area contributed by atoms with Crippen LogP contribution >= 0.6 is 0 Å². The Morgan fingerprint density at radius 2 is 2.06 bits per heavy atom. The molecule has 1 aliphatic rings. The van der Waals surface area contributed by atoms with Crippen molar-refractivity contribution in [2.75, 3.05) is 13.2 Å². The number of amides is 1. The molecule has 18 heavy (non-hydrogen) atoms. The van der Waals surface area contributed by atoms with E-state index in [4.69, 9.17) is 15.9 Å². The van der Waals surface area contributed by atoms with Gasteiger partial charge in [0.05, 0.1) is 12.7 Å². The quantitative estimate of drug-likeness (QED) is 0.520. The first-order valence-electron chi connectivity index (χ1n) is 5.88. The highest BCUT2D eigenvalue weighted by atomic mass is 16.6. The number of morpholine rings is 1. The Balaban J connectivity index is 2.87. The fraction of sp³-hybridized carbons (Fsp3) is 0.692. The molecular formula is C13H19NO4. The van der Waals surface area contributed by atoms with E-state index in [-0.39, 0.29) is 0 Å². The fourth-order valence-corrected chi connectivity index (χ4v) is 1.79. The molecule has 0 aliphatic carbocycles. The number of carbonyl (C=O) groups excluding carboxylic acids is 2. The van der Waals surface area contributed by atoms with E-state index < -0.39 is 29.6 Å². The van der Waals surface area contributed by atoms with Gasteiger partial charge in [-0.15, -0.1) is 6.42 Å². The lowest BCUT2D eigenvalue weighted by atomic mass is 10.0. The number of ether oxygens (including phenoxy) is 2. The Kier molecular flexibility index (Phi) is 4.36. The molecule has 100 valence electrons. The van der Waals surface area contributed by atoms with Crippen molar-refractivity contribution in [3.8, 4) is 12.3 Å². The first kappa shape index (κ1) is 14.5. The summed E-state index contributed by atoms with van der Waals surface area (Å²) in [5.74, 6) is 1.58. The molecule has 0 spiro atoms. The molecule has 1 aliphatic heterocycles. The molecule has 0 aromatic carbocycles. The van der Waals surface area contributed by atoms with Crippen LogP contribution in [-0.4, -0.2) is 47.7 Å². The van der Waals surface area contributed by atoms with E-state index in [1.54, 1.807) is 27.7 Å². The summed E-state index contributed by atoms with van der Waals surface area (Å²) in [6.07, 6.45) is 4.16. The zero-order valence-electron chi connectivity index (χ0n) is 11.2. The minimum absolute atomic E-state index is 0.303. The summed E-state index contributed by atoms with van der Waals surface area (Å²) in [6, 6.07) is -0.765. The van der Waals surface area contributed by atoms with Gasteiger partial charge >= 0.3 is 6.09 Å². The predicted octanol–water partition coefficient (Wildman–Crippen LogP) is 1.21. The van der Waals surface area contributed by atoms with Gasteiger partial charge in [0.15, 0.2) is 0 Å². The van der Waals surface area contributed by atoms with Crippen molar-refractivity contribution in [3.05, 3.63) is 0 Å². The maximum atomic E-state index is 12.0. The molecular weight excluding hydrogens is 234 g/mol. The molecule has 1 amide bonds. The number of nitrogens with zero attached hydrogens (tertiary/aromatic N) is 1. The molecule has 5 nitrogen and oxygen atoms in total. The van der Waals surface area contributed by atoms with Crippen LogP contribution in [0.3, 0.4) is 0 Å². The number of carbonyl (C=O) groups is 2. The first-order valence-corrected chi connectivity index (χ1v) is 5.88. The fourth-order valence-electron chi connectivity index (χ4n) is 1.79. The van der Waals surface area contributed by atoms with Crippen molar-refractivity contribution >= 4 is 11.9 Å². The van der Waals surface area contributed by atoms with Gasteiger partial charge < -0.3 is 9.47 Å². The van der Waals surface area contributed by atoms with Gasteiger partial charge in [-0.25, -0.2) is 4.79 Å². The van der Waals surface area contributed by atoms with Crippen molar-refractivity contribution in [3.63, 3.8) is 0 Å². The Labute approximate surface area is 107 Å². The van der Waals surface area contributed by atoms with Gasteiger partial charge in [-0.05, 0) is 33.6 Å². The Hall–Kier alpha value is -1.54. The SMILES string of the molecule is C#CC(=O)C1C(C)OCCN1C(=O)OC(C)(C)C. The number of terminal acetylenes is 1. The number of ketones is 1. The summed E-state index contributed by atoms with van der Waals surface area (Å²) in [5.41, 5.74) is -0.609. The maximum Gasteiger partial charge on any atom is 0.411 e. The van der Waals surface area contributed by atoms with Gasteiger partial charge in [-0.3, -0.25) is 9.69 Å². The van der Waals surface area contributed by atoms with Crippen molar-refractivity contribution < 1.29 is 19.1 Å². The lowest BCUT2D eigenvalue weighted by Crippen LogP contribution is -2.57. The summed E-state index contributed by atoms with van der Waals surface area (Å²) in [5, 5.41) is 0. The molecule has 1 rings (SSSR count). The zero-order valence-corrected chi connectivity index (χ0v) is 11.2. The summed E-state index contributed by atoms with van der Waals surface area (Å²) in [4.78, 5) is 25.1. The van der Waals surface area contributed by atoms with Crippen molar-refractivity contribution in [2.24, 2.45) is 0 Å². The van der Waals surface area contributed by atoms with Crippen LogP contribution in [0, 0.1) is 12.3 Å². The number of rotatable bonds is 1. The molecule has 1 fully saturated rings. The van der Waals surface area contributed by atoms with E-state index in [2.05, 4.69) is 0 Å². The Morgan fingerprint density at radius 3 is 2.56 bits per heavy atom. The van der Waals surface area contributed by atoms with Crippen LogP contribution in [0.25, 0.3) is 0 Å². The van der Waals surface area contributed by atoms with E-state index in [9.17, 15) is 9.59 Å². The molecule has 2 atom stereocenters. The highest BCUT2D eigenvalue weighted by Gasteiger charge is 2.39. The van der Waals surface area contributed by atoms with E-state index in [0.717, 1.165) is 0 Å². The molecule has 0 radical (unpaired) electrons. The number of hydrogen-bond acceptors (Lipinski definition) is 4. The molecule has 1 heterocycles. The van der Waals surface area contributed by atoms with Gasteiger partial charge in [0.2, 0.25) is 5.78 Å². The number of Topliss-reactive ketones (excluding diaryl/α,β-unsaturated/α-hetero) is 1. The van der Waals surface area contributed by atoms with Crippen molar-refractivity contribution in [1.82, 2.24) is 4.90 Å². The van der Waals surface area contributed by atoms with Crippen LogP contribution in [0.4, 0.5) is 4.79 Å². The summed E-state index contributed by atoms with van der Waals surface area (Å²) < 4.78 is 10.6. The van der Waals surface area contributed by atoms with Crippen molar-refractivity contribution in [1.29, 1.82) is 0 Å². The topological polar surface area (TPSA) is 55.8 Å². The Bertz CT molecular complexity index is 377. The van der Waals surface area contributed by atoms with Crippen LogP contribution < -0.4 is 0 Å². The van der Waals surface area contributed by atoms with E-state index >= 15 is 0 Å². The number of hydrogen-bond donors (Lipinski definition) is 0.